The van der Waals surface area contributed by atoms with Gasteiger partial charge in [-0.05, 0) is 30.7 Å². The van der Waals surface area contributed by atoms with Crippen molar-refractivity contribution in [3.8, 4) is 0 Å². The molecule has 1 saturated heterocycles. The third-order valence-corrected chi connectivity index (χ3v) is 4.51. The fourth-order valence-corrected chi connectivity index (χ4v) is 3.32. The molecule has 4 rings (SSSR count). The number of anilines is 2. The van der Waals surface area contributed by atoms with Crippen LogP contribution >= 0.6 is 0 Å². The van der Waals surface area contributed by atoms with E-state index in [0.717, 1.165) is 43.8 Å². The maximum absolute atomic E-state index is 14.0. The Morgan fingerprint density at radius 2 is 1.58 bits per heavy atom. The molecular weight excluding hydrogens is 303 g/mol. The number of fused-ring (bicyclic) bond motifs is 1. The van der Waals surface area contributed by atoms with Gasteiger partial charge in [0.05, 0.1) is 0 Å². The standard InChI is InChI=1S/C19H19FN4/c20-17-9-4-8-16-18(17)21-14-22-19(16)24-11-5-10-23(12-13-24)15-6-2-1-3-7-15/h1-4,6-9,14H,5,10-13H2. The molecule has 1 aliphatic rings. The molecule has 0 unspecified atom stereocenters. The predicted molar refractivity (Wildman–Crippen MR) is 95.0 cm³/mol. The third-order valence-electron chi connectivity index (χ3n) is 4.51. The van der Waals surface area contributed by atoms with Gasteiger partial charge < -0.3 is 9.80 Å². The zero-order chi connectivity index (χ0) is 16.4. The number of hydrogen-bond donors (Lipinski definition) is 0. The molecule has 0 amide bonds. The Labute approximate surface area is 140 Å². The van der Waals surface area contributed by atoms with Gasteiger partial charge in [0.15, 0.2) is 0 Å². The average Bonchev–Trinajstić information content (AvgIpc) is 2.89. The van der Waals surface area contributed by atoms with Crippen LogP contribution in [-0.2, 0) is 0 Å². The van der Waals surface area contributed by atoms with E-state index in [4.69, 9.17) is 0 Å². The molecule has 4 nitrogen and oxygen atoms in total. The van der Waals surface area contributed by atoms with Crippen molar-refractivity contribution >= 4 is 22.4 Å². The highest BCUT2D eigenvalue weighted by atomic mass is 19.1. The number of hydrogen-bond acceptors (Lipinski definition) is 4. The van der Waals surface area contributed by atoms with Gasteiger partial charge in [-0.25, -0.2) is 14.4 Å². The summed E-state index contributed by atoms with van der Waals surface area (Å²) in [5, 5.41) is 0.783. The van der Waals surface area contributed by atoms with Crippen molar-refractivity contribution in [1.82, 2.24) is 9.97 Å². The van der Waals surface area contributed by atoms with Gasteiger partial charge in [0.2, 0.25) is 0 Å². The predicted octanol–water partition coefficient (Wildman–Crippen LogP) is 3.49. The van der Waals surface area contributed by atoms with Crippen LogP contribution < -0.4 is 9.80 Å². The summed E-state index contributed by atoms with van der Waals surface area (Å²) < 4.78 is 14.0. The molecule has 3 aromatic rings. The van der Waals surface area contributed by atoms with E-state index in [2.05, 4.69) is 44.0 Å². The molecule has 0 bridgehead atoms. The smallest absolute Gasteiger partial charge is 0.149 e. The molecule has 0 atom stereocenters. The highest BCUT2D eigenvalue weighted by Crippen LogP contribution is 2.26. The Kier molecular flexibility index (Phi) is 3.99. The molecule has 1 fully saturated rings. The quantitative estimate of drug-likeness (QED) is 0.723. The van der Waals surface area contributed by atoms with Crippen LogP contribution in [-0.4, -0.2) is 36.1 Å². The van der Waals surface area contributed by atoms with Gasteiger partial charge >= 0.3 is 0 Å². The summed E-state index contributed by atoms with van der Waals surface area (Å²) in [5.41, 5.74) is 1.64. The van der Waals surface area contributed by atoms with Gasteiger partial charge in [-0.3, -0.25) is 0 Å². The molecule has 0 spiro atoms. The molecule has 122 valence electrons. The highest BCUT2D eigenvalue weighted by molar-refractivity contribution is 5.89. The van der Waals surface area contributed by atoms with Crippen LogP contribution in [0.3, 0.4) is 0 Å². The lowest BCUT2D eigenvalue weighted by molar-refractivity contribution is 0.636. The first-order chi connectivity index (χ1) is 11.8. The lowest BCUT2D eigenvalue weighted by Gasteiger charge is -2.24. The first-order valence-electron chi connectivity index (χ1n) is 8.27. The fraction of sp³-hybridized carbons (Fsp3) is 0.263. The summed E-state index contributed by atoms with van der Waals surface area (Å²) in [6.07, 6.45) is 2.50. The van der Waals surface area contributed by atoms with Crippen molar-refractivity contribution in [3.63, 3.8) is 0 Å². The second-order valence-electron chi connectivity index (χ2n) is 6.00. The molecular formula is C19H19FN4. The summed E-state index contributed by atoms with van der Waals surface area (Å²) in [7, 11) is 0. The van der Waals surface area contributed by atoms with Crippen molar-refractivity contribution in [2.75, 3.05) is 36.0 Å². The summed E-state index contributed by atoms with van der Waals surface area (Å²) >= 11 is 0. The van der Waals surface area contributed by atoms with Crippen molar-refractivity contribution in [2.24, 2.45) is 0 Å². The summed E-state index contributed by atoms with van der Waals surface area (Å²) in [4.78, 5) is 13.2. The van der Waals surface area contributed by atoms with E-state index in [9.17, 15) is 4.39 Å². The van der Waals surface area contributed by atoms with E-state index in [-0.39, 0.29) is 5.82 Å². The van der Waals surface area contributed by atoms with Gasteiger partial charge in [0.25, 0.3) is 0 Å². The van der Waals surface area contributed by atoms with Crippen LogP contribution in [0, 0.1) is 5.82 Å². The summed E-state index contributed by atoms with van der Waals surface area (Å²) in [6, 6.07) is 15.5. The minimum Gasteiger partial charge on any atom is -0.370 e. The van der Waals surface area contributed by atoms with Crippen LogP contribution in [0.1, 0.15) is 6.42 Å². The van der Waals surface area contributed by atoms with Crippen molar-refractivity contribution in [3.05, 3.63) is 60.7 Å². The topological polar surface area (TPSA) is 32.3 Å². The molecule has 2 aromatic carbocycles. The van der Waals surface area contributed by atoms with Crippen LogP contribution in [0.2, 0.25) is 0 Å². The van der Waals surface area contributed by atoms with Crippen LogP contribution in [0.4, 0.5) is 15.9 Å². The average molecular weight is 322 g/mol. The second-order valence-corrected chi connectivity index (χ2v) is 6.00. The summed E-state index contributed by atoms with van der Waals surface area (Å²) in [5.74, 6) is 0.534. The number of aromatic nitrogens is 2. The van der Waals surface area contributed by atoms with Crippen molar-refractivity contribution in [1.29, 1.82) is 0 Å². The van der Waals surface area contributed by atoms with Crippen LogP contribution in [0.5, 0.6) is 0 Å². The lowest BCUT2D eigenvalue weighted by atomic mass is 10.2. The number of rotatable bonds is 2. The lowest BCUT2D eigenvalue weighted by Crippen LogP contribution is -2.31. The second kappa shape index (κ2) is 6.43. The Morgan fingerprint density at radius 1 is 0.792 bits per heavy atom. The molecule has 2 heterocycles. The minimum absolute atomic E-state index is 0.295. The monoisotopic (exact) mass is 322 g/mol. The Balaban J connectivity index is 1.61. The van der Waals surface area contributed by atoms with E-state index in [1.54, 1.807) is 6.07 Å². The normalized spacial score (nSPS) is 15.5. The molecule has 0 N–H and O–H groups in total. The minimum atomic E-state index is -0.295. The SMILES string of the molecule is Fc1cccc2c(N3CCCN(c4ccccc4)CC3)ncnc12. The highest BCUT2D eigenvalue weighted by Gasteiger charge is 2.19. The van der Waals surface area contributed by atoms with Gasteiger partial charge in [-0.1, -0.05) is 24.3 Å². The Morgan fingerprint density at radius 3 is 2.46 bits per heavy atom. The van der Waals surface area contributed by atoms with Gasteiger partial charge in [-0.15, -0.1) is 0 Å². The molecule has 24 heavy (non-hydrogen) atoms. The van der Waals surface area contributed by atoms with E-state index >= 15 is 0 Å². The zero-order valence-electron chi connectivity index (χ0n) is 13.4. The molecule has 0 aliphatic carbocycles. The van der Waals surface area contributed by atoms with Gasteiger partial charge in [-0.2, -0.15) is 0 Å². The largest absolute Gasteiger partial charge is 0.370 e. The molecule has 0 saturated carbocycles. The van der Waals surface area contributed by atoms with E-state index in [1.807, 2.05) is 12.1 Å². The number of halogens is 1. The molecule has 1 aromatic heterocycles. The number of para-hydroxylation sites is 2. The van der Waals surface area contributed by atoms with Crippen molar-refractivity contribution in [2.45, 2.75) is 6.42 Å². The third kappa shape index (κ3) is 2.77. The fourth-order valence-electron chi connectivity index (χ4n) is 3.32. The van der Waals surface area contributed by atoms with Gasteiger partial charge in [0.1, 0.15) is 23.5 Å². The van der Waals surface area contributed by atoms with Gasteiger partial charge in [0, 0.05) is 37.3 Å². The Bertz CT molecular complexity index is 837. The van der Waals surface area contributed by atoms with Crippen LogP contribution in [0.25, 0.3) is 10.9 Å². The van der Waals surface area contributed by atoms with Crippen molar-refractivity contribution < 1.29 is 4.39 Å². The maximum atomic E-state index is 14.0. The molecule has 0 radical (unpaired) electrons. The maximum Gasteiger partial charge on any atom is 0.149 e. The van der Waals surface area contributed by atoms with E-state index < -0.39 is 0 Å². The molecule has 5 heteroatoms. The van der Waals surface area contributed by atoms with E-state index in [1.165, 1.54) is 18.1 Å². The van der Waals surface area contributed by atoms with Crippen LogP contribution in [0.15, 0.2) is 54.9 Å². The first-order valence-corrected chi connectivity index (χ1v) is 8.27. The zero-order valence-corrected chi connectivity index (χ0v) is 13.4. The summed E-state index contributed by atoms with van der Waals surface area (Å²) in [6.45, 7) is 3.70. The first kappa shape index (κ1) is 14.9. The Hall–Kier alpha value is -2.69. The molecule has 1 aliphatic heterocycles. The number of benzene rings is 2. The number of nitrogens with zero attached hydrogens (tertiary/aromatic N) is 4. The van der Waals surface area contributed by atoms with E-state index in [0.29, 0.717) is 5.52 Å².